The lowest BCUT2D eigenvalue weighted by Gasteiger charge is -2.25. The van der Waals surface area contributed by atoms with Crippen molar-refractivity contribution >= 4 is 5.91 Å². The molecule has 5 nitrogen and oxygen atoms in total. The second-order valence-corrected chi connectivity index (χ2v) is 4.67. The van der Waals surface area contributed by atoms with E-state index in [2.05, 4.69) is 15.5 Å². The molecule has 0 radical (unpaired) electrons. The lowest BCUT2D eigenvalue weighted by Crippen LogP contribution is -2.45. The number of aryl methyl sites for hydroxylation is 2. The highest BCUT2D eigenvalue weighted by molar-refractivity contribution is 5.84. The van der Waals surface area contributed by atoms with Crippen LogP contribution in [0.15, 0.2) is 6.20 Å². The zero-order chi connectivity index (χ0) is 13.6. The molecule has 0 spiro atoms. The summed E-state index contributed by atoms with van der Waals surface area (Å²) in [5, 5.41) is 9.78. The number of ether oxygens (including phenoxy) is 1. The summed E-state index contributed by atoms with van der Waals surface area (Å²) in [6, 6.07) is 0. The Morgan fingerprint density at radius 3 is 2.83 bits per heavy atom. The standard InChI is InChI=1S/C13H23N3O2/c1-5-13(3,18-4)12(17)14-8-6-7-11-9-15-16-10(11)2/h9H,5-8H2,1-4H3,(H,14,17)(H,15,16). The Hall–Kier alpha value is -1.36. The summed E-state index contributed by atoms with van der Waals surface area (Å²) in [6.45, 7) is 6.41. The molecule has 0 fully saturated rings. The van der Waals surface area contributed by atoms with Gasteiger partial charge in [-0.1, -0.05) is 6.92 Å². The first-order valence-electron chi connectivity index (χ1n) is 6.35. The van der Waals surface area contributed by atoms with Crippen LogP contribution in [0.2, 0.25) is 0 Å². The lowest BCUT2D eigenvalue weighted by molar-refractivity contribution is -0.141. The highest BCUT2D eigenvalue weighted by Gasteiger charge is 2.30. The Morgan fingerprint density at radius 1 is 1.61 bits per heavy atom. The molecule has 1 aromatic rings. The molecule has 0 aliphatic rings. The molecule has 1 aromatic heterocycles. The minimum atomic E-state index is -0.717. The Labute approximate surface area is 108 Å². The summed E-state index contributed by atoms with van der Waals surface area (Å²) in [5.74, 6) is -0.0450. The van der Waals surface area contributed by atoms with Crippen LogP contribution in [0.1, 0.15) is 37.9 Å². The van der Waals surface area contributed by atoms with E-state index < -0.39 is 5.60 Å². The van der Waals surface area contributed by atoms with Gasteiger partial charge in [0.25, 0.3) is 5.91 Å². The van der Waals surface area contributed by atoms with E-state index in [4.69, 9.17) is 4.74 Å². The molecule has 0 aliphatic heterocycles. The first kappa shape index (κ1) is 14.7. The molecule has 1 amide bonds. The van der Waals surface area contributed by atoms with Crippen molar-refractivity contribution in [3.05, 3.63) is 17.5 Å². The Bertz CT molecular complexity index is 383. The maximum absolute atomic E-state index is 11.9. The minimum Gasteiger partial charge on any atom is -0.369 e. The number of nitrogens with zero attached hydrogens (tertiary/aromatic N) is 1. The van der Waals surface area contributed by atoms with Crippen molar-refractivity contribution in [3.63, 3.8) is 0 Å². The molecule has 0 bridgehead atoms. The molecular weight excluding hydrogens is 230 g/mol. The van der Waals surface area contributed by atoms with E-state index in [-0.39, 0.29) is 5.91 Å². The molecule has 0 saturated carbocycles. The van der Waals surface area contributed by atoms with Crippen molar-refractivity contribution in [1.29, 1.82) is 0 Å². The summed E-state index contributed by atoms with van der Waals surface area (Å²) < 4.78 is 5.24. The maximum Gasteiger partial charge on any atom is 0.251 e. The number of aromatic amines is 1. The van der Waals surface area contributed by atoms with Crippen LogP contribution in [0.4, 0.5) is 0 Å². The number of nitrogens with one attached hydrogen (secondary N) is 2. The number of amides is 1. The van der Waals surface area contributed by atoms with Crippen molar-refractivity contribution in [3.8, 4) is 0 Å². The first-order chi connectivity index (χ1) is 8.53. The van der Waals surface area contributed by atoms with Crippen molar-refractivity contribution in [2.24, 2.45) is 0 Å². The van der Waals surface area contributed by atoms with E-state index in [0.29, 0.717) is 13.0 Å². The highest BCUT2D eigenvalue weighted by Crippen LogP contribution is 2.13. The Balaban J connectivity index is 2.30. The first-order valence-corrected chi connectivity index (χ1v) is 6.35. The van der Waals surface area contributed by atoms with Gasteiger partial charge in [0.15, 0.2) is 0 Å². The molecule has 1 rings (SSSR count). The van der Waals surface area contributed by atoms with Crippen molar-refractivity contribution in [2.45, 2.75) is 45.6 Å². The van der Waals surface area contributed by atoms with Gasteiger partial charge in [0.05, 0.1) is 6.20 Å². The lowest BCUT2D eigenvalue weighted by atomic mass is 10.0. The Kier molecular flexibility index (Phi) is 5.34. The van der Waals surface area contributed by atoms with Gasteiger partial charge in [-0.05, 0) is 38.7 Å². The zero-order valence-corrected chi connectivity index (χ0v) is 11.7. The van der Waals surface area contributed by atoms with Gasteiger partial charge in [-0.2, -0.15) is 5.10 Å². The summed E-state index contributed by atoms with van der Waals surface area (Å²) in [6.07, 6.45) is 4.31. The predicted molar refractivity (Wildman–Crippen MR) is 70.4 cm³/mol. The molecule has 1 unspecified atom stereocenters. The summed E-state index contributed by atoms with van der Waals surface area (Å²) in [5.41, 5.74) is 1.58. The largest absolute Gasteiger partial charge is 0.369 e. The maximum atomic E-state index is 11.9. The van der Waals surface area contributed by atoms with Crippen LogP contribution >= 0.6 is 0 Å². The number of H-pyrrole nitrogens is 1. The van der Waals surface area contributed by atoms with Crippen LogP contribution in [-0.4, -0.2) is 35.4 Å². The van der Waals surface area contributed by atoms with Crippen LogP contribution in [0, 0.1) is 6.92 Å². The SMILES string of the molecule is CCC(C)(OC)C(=O)NCCCc1cn[nH]c1C. The van der Waals surface area contributed by atoms with Gasteiger partial charge in [0.2, 0.25) is 0 Å². The topological polar surface area (TPSA) is 67.0 Å². The van der Waals surface area contributed by atoms with Gasteiger partial charge in [-0.25, -0.2) is 0 Å². The number of aromatic nitrogens is 2. The minimum absolute atomic E-state index is 0.0450. The van der Waals surface area contributed by atoms with Crippen molar-refractivity contribution in [2.75, 3.05) is 13.7 Å². The predicted octanol–water partition coefficient (Wildman–Crippen LogP) is 1.58. The number of methoxy groups -OCH3 is 1. The quantitative estimate of drug-likeness (QED) is 0.725. The van der Waals surface area contributed by atoms with Crippen LogP contribution < -0.4 is 5.32 Å². The number of rotatable bonds is 7. The van der Waals surface area contributed by atoms with Gasteiger partial charge in [-0.3, -0.25) is 9.89 Å². The molecule has 0 aliphatic carbocycles. The molecule has 0 saturated heterocycles. The van der Waals surface area contributed by atoms with Crippen molar-refractivity contribution < 1.29 is 9.53 Å². The van der Waals surface area contributed by atoms with Crippen LogP contribution in [-0.2, 0) is 16.0 Å². The zero-order valence-electron chi connectivity index (χ0n) is 11.7. The second kappa shape index (κ2) is 6.54. The number of carbonyl (C=O) groups excluding carboxylic acids is 1. The molecule has 5 heteroatoms. The van der Waals surface area contributed by atoms with Gasteiger partial charge in [-0.15, -0.1) is 0 Å². The molecule has 1 heterocycles. The molecular formula is C13H23N3O2. The van der Waals surface area contributed by atoms with E-state index in [1.165, 1.54) is 5.56 Å². The number of hydrogen-bond donors (Lipinski definition) is 2. The monoisotopic (exact) mass is 253 g/mol. The van der Waals surface area contributed by atoms with Crippen LogP contribution in [0.25, 0.3) is 0 Å². The summed E-state index contributed by atoms with van der Waals surface area (Å²) >= 11 is 0. The third-order valence-electron chi connectivity index (χ3n) is 3.45. The van der Waals surface area contributed by atoms with Gasteiger partial charge in [0.1, 0.15) is 5.60 Å². The molecule has 102 valence electrons. The molecule has 0 aromatic carbocycles. The molecule has 18 heavy (non-hydrogen) atoms. The average molecular weight is 253 g/mol. The highest BCUT2D eigenvalue weighted by atomic mass is 16.5. The molecule has 1 atom stereocenters. The normalized spacial score (nSPS) is 14.2. The van der Waals surface area contributed by atoms with Gasteiger partial charge < -0.3 is 10.1 Å². The average Bonchev–Trinajstić information content (AvgIpc) is 2.79. The third kappa shape index (κ3) is 3.57. The smallest absolute Gasteiger partial charge is 0.251 e. The van der Waals surface area contributed by atoms with Crippen molar-refractivity contribution in [1.82, 2.24) is 15.5 Å². The van der Waals surface area contributed by atoms with E-state index in [9.17, 15) is 4.79 Å². The van der Waals surface area contributed by atoms with Gasteiger partial charge in [0, 0.05) is 19.3 Å². The van der Waals surface area contributed by atoms with E-state index in [0.717, 1.165) is 18.5 Å². The fourth-order valence-electron chi connectivity index (χ4n) is 1.69. The molecule has 2 N–H and O–H groups in total. The van der Waals surface area contributed by atoms with Gasteiger partial charge >= 0.3 is 0 Å². The fourth-order valence-corrected chi connectivity index (χ4v) is 1.69. The van der Waals surface area contributed by atoms with E-state index in [1.807, 2.05) is 27.0 Å². The summed E-state index contributed by atoms with van der Waals surface area (Å²) in [7, 11) is 1.57. The van der Waals surface area contributed by atoms with Crippen LogP contribution in [0.3, 0.4) is 0 Å². The van der Waals surface area contributed by atoms with E-state index in [1.54, 1.807) is 7.11 Å². The number of carbonyl (C=O) groups is 1. The second-order valence-electron chi connectivity index (χ2n) is 4.67. The fraction of sp³-hybridized carbons (Fsp3) is 0.692. The Morgan fingerprint density at radius 2 is 2.33 bits per heavy atom. The van der Waals surface area contributed by atoms with Crippen LogP contribution in [0.5, 0.6) is 0 Å². The van der Waals surface area contributed by atoms with E-state index >= 15 is 0 Å². The third-order valence-corrected chi connectivity index (χ3v) is 3.45. The summed E-state index contributed by atoms with van der Waals surface area (Å²) in [4.78, 5) is 11.9. The number of hydrogen-bond acceptors (Lipinski definition) is 3.